The Hall–Kier alpha value is -1.25. The van der Waals surface area contributed by atoms with Crippen LogP contribution >= 0.6 is 0 Å². The topological polar surface area (TPSA) is 38.1 Å². The molecule has 0 amide bonds. The van der Waals surface area contributed by atoms with Crippen LogP contribution in [0.3, 0.4) is 0 Å². The summed E-state index contributed by atoms with van der Waals surface area (Å²) in [5.74, 6) is 0.491. The number of rotatable bonds is 1. The molecule has 0 aromatic carbocycles. The molecule has 0 saturated heterocycles. The largest absolute Gasteiger partial charge is 0.250 e. The van der Waals surface area contributed by atoms with E-state index in [4.69, 9.17) is 0 Å². The fourth-order valence-corrected chi connectivity index (χ4v) is 0.857. The predicted molar refractivity (Wildman–Crippen MR) is 44.3 cm³/mol. The van der Waals surface area contributed by atoms with Crippen LogP contribution in [-0.4, -0.2) is 16.2 Å². The summed E-state index contributed by atoms with van der Waals surface area (Å²) in [4.78, 5) is 12.0. The number of nitrogens with zero attached hydrogens (tertiary/aromatic N) is 3. The molecule has 0 aliphatic carbocycles. The van der Waals surface area contributed by atoms with Gasteiger partial charge in [0, 0.05) is 11.4 Å². The number of aliphatic imine (C=N–C) groups is 1. The summed E-state index contributed by atoms with van der Waals surface area (Å²) in [5, 5.41) is 0. The molecule has 1 rings (SSSR count). The number of hydrogen-bond acceptors (Lipinski definition) is 3. The minimum Gasteiger partial charge on any atom is -0.216 e. The van der Waals surface area contributed by atoms with Crippen LogP contribution in [0.5, 0.6) is 0 Å². The summed E-state index contributed by atoms with van der Waals surface area (Å²) in [6, 6.07) is 1.91. The lowest BCUT2D eigenvalue weighted by atomic mass is 10.4. The second-order valence-corrected chi connectivity index (χ2v) is 2.29. The van der Waals surface area contributed by atoms with E-state index in [0.717, 1.165) is 11.4 Å². The summed E-state index contributed by atoms with van der Waals surface area (Å²) in [6.45, 7) is 5.56. The standard InChI is InChI=1S/C8H10N3/c1-4-9-8-10-6(2)5-7(3)11-8/h5H,1-3H3. The molecule has 0 aliphatic heterocycles. The molecule has 3 heteroatoms. The monoisotopic (exact) mass is 148 g/mol. The molecule has 0 atom stereocenters. The molecular weight excluding hydrogens is 138 g/mol. The van der Waals surface area contributed by atoms with Crippen molar-refractivity contribution in [2.75, 3.05) is 0 Å². The van der Waals surface area contributed by atoms with E-state index in [0.29, 0.717) is 5.95 Å². The maximum absolute atomic E-state index is 4.08. The highest BCUT2D eigenvalue weighted by molar-refractivity contribution is 5.57. The van der Waals surface area contributed by atoms with Gasteiger partial charge in [0.1, 0.15) is 0 Å². The Morgan fingerprint density at radius 3 is 2.27 bits per heavy atom. The van der Waals surface area contributed by atoms with Gasteiger partial charge in [-0.1, -0.05) is 0 Å². The van der Waals surface area contributed by atoms with Gasteiger partial charge < -0.3 is 0 Å². The molecule has 3 nitrogen and oxygen atoms in total. The van der Waals surface area contributed by atoms with Gasteiger partial charge >= 0.3 is 0 Å². The highest BCUT2D eigenvalue weighted by Crippen LogP contribution is 2.05. The molecule has 0 bridgehead atoms. The zero-order chi connectivity index (χ0) is 8.27. The van der Waals surface area contributed by atoms with E-state index < -0.39 is 0 Å². The minimum atomic E-state index is 0.491. The Bertz CT molecular complexity index is 258. The molecule has 0 spiro atoms. The molecule has 1 aromatic heterocycles. The van der Waals surface area contributed by atoms with Crippen LogP contribution in [0.2, 0.25) is 0 Å². The number of hydrogen-bond donors (Lipinski definition) is 0. The van der Waals surface area contributed by atoms with Crippen LogP contribution in [0.25, 0.3) is 0 Å². The van der Waals surface area contributed by atoms with Gasteiger partial charge in [0.2, 0.25) is 5.95 Å². The Kier molecular flexibility index (Phi) is 2.31. The molecule has 1 aromatic rings. The van der Waals surface area contributed by atoms with Gasteiger partial charge in [-0.05, 0) is 26.8 Å². The van der Waals surface area contributed by atoms with E-state index >= 15 is 0 Å². The van der Waals surface area contributed by atoms with Crippen molar-refractivity contribution in [3.63, 3.8) is 0 Å². The van der Waals surface area contributed by atoms with Crippen molar-refractivity contribution in [3.05, 3.63) is 17.5 Å². The summed E-state index contributed by atoms with van der Waals surface area (Å²) >= 11 is 0. The second-order valence-electron chi connectivity index (χ2n) is 2.29. The van der Waals surface area contributed by atoms with E-state index in [1.807, 2.05) is 19.9 Å². The summed E-state index contributed by atoms with van der Waals surface area (Å²) in [7, 11) is 0. The van der Waals surface area contributed by atoms with Gasteiger partial charge in [-0.2, -0.15) is 0 Å². The molecule has 57 valence electrons. The first-order chi connectivity index (χ1) is 5.22. The second kappa shape index (κ2) is 3.23. The van der Waals surface area contributed by atoms with Crippen LogP contribution in [0.4, 0.5) is 5.95 Å². The lowest BCUT2D eigenvalue weighted by Gasteiger charge is -1.95. The van der Waals surface area contributed by atoms with Crippen molar-refractivity contribution >= 4 is 12.2 Å². The Labute approximate surface area is 66.2 Å². The summed E-state index contributed by atoms with van der Waals surface area (Å²) in [5.41, 5.74) is 1.87. The van der Waals surface area contributed by atoms with Crippen molar-refractivity contribution in [2.24, 2.45) is 4.99 Å². The molecule has 1 radical (unpaired) electrons. The zero-order valence-corrected chi connectivity index (χ0v) is 6.92. The van der Waals surface area contributed by atoms with Crippen molar-refractivity contribution in [1.29, 1.82) is 0 Å². The first-order valence-electron chi connectivity index (χ1n) is 3.42. The average molecular weight is 148 g/mol. The normalized spacial score (nSPS) is 10.8. The molecule has 1 heterocycles. The van der Waals surface area contributed by atoms with E-state index in [1.54, 1.807) is 6.92 Å². The number of aryl methyl sites for hydroxylation is 2. The Balaban J connectivity index is 3.08. The first kappa shape index (κ1) is 7.85. The van der Waals surface area contributed by atoms with Crippen LogP contribution in [0.1, 0.15) is 18.3 Å². The van der Waals surface area contributed by atoms with Gasteiger partial charge in [-0.3, -0.25) is 0 Å². The van der Waals surface area contributed by atoms with Gasteiger partial charge in [0.05, 0.1) is 6.21 Å². The third-order valence-corrected chi connectivity index (χ3v) is 1.18. The third-order valence-electron chi connectivity index (χ3n) is 1.18. The van der Waals surface area contributed by atoms with Crippen LogP contribution in [0.15, 0.2) is 11.1 Å². The summed E-state index contributed by atoms with van der Waals surface area (Å²) in [6.07, 6.45) is 2.64. The Morgan fingerprint density at radius 1 is 1.27 bits per heavy atom. The van der Waals surface area contributed by atoms with Gasteiger partial charge in [0.15, 0.2) is 0 Å². The Morgan fingerprint density at radius 2 is 1.82 bits per heavy atom. The van der Waals surface area contributed by atoms with E-state index in [9.17, 15) is 0 Å². The summed E-state index contributed by atoms with van der Waals surface area (Å²) < 4.78 is 0. The maximum Gasteiger partial charge on any atom is 0.250 e. The van der Waals surface area contributed by atoms with E-state index in [1.165, 1.54) is 0 Å². The van der Waals surface area contributed by atoms with Crippen LogP contribution < -0.4 is 0 Å². The first-order valence-corrected chi connectivity index (χ1v) is 3.42. The molecule has 0 saturated carbocycles. The van der Waals surface area contributed by atoms with Crippen LogP contribution in [-0.2, 0) is 0 Å². The van der Waals surface area contributed by atoms with E-state index in [2.05, 4.69) is 21.2 Å². The van der Waals surface area contributed by atoms with E-state index in [-0.39, 0.29) is 0 Å². The third kappa shape index (κ3) is 2.11. The van der Waals surface area contributed by atoms with Crippen molar-refractivity contribution in [1.82, 2.24) is 9.97 Å². The molecule has 0 N–H and O–H groups in total. The van der Waals surface area contributed by atoms with Gasteiger partial charge in [0.25, 0.3) is 0 Å². The van der Waals surface area contributed by atoms with Gasteiger partial charge in [-0.15, -0.1) is 0 Å². The highest BCUT2D eigenvalue weighted by Gasteiger charge is 1.94. The SMILES string of the molecule is C/[C]=N\c1nc(C)cc(C)n1. The van der Waals surface area contributed by atoms with Crippen molar-refractivity contribution < 1.29 is 0 Å². The smallest absolute Gasteiger partial charge is 0.216 e. The molecule has 0 aliphatic rings. The lowest BCUT2D eigenvalue weighted by Crippen LogP contribution is -1.88. The molecule has 0 fully saturated rings. The predicted octanol–water partition coefficient (Wildman–Crippen LogP) is 1.69. The minimum absolute atomic E-state index is 0.491. The molecular formula is C8H10N3. The zero-order valence-electron chi connectivity index (χ0n) is 6.92. The van der Waals surface area contributed by atoms with Crippen molar-refractivity contribution in [2.45, 2.75) is 20.8 Å². The highest BCUT2D eigenvalue weighted by atomic mass is 15.0. The number of aromatic nitrogens is 2. The average Bonchev–Trinajstić information content (AvgIpc) is 1.85. The molecule has 11 heavy (non-hydrogen) atoms. The fourth-order valence-electron chi connectivity index (χ4n) is 0.857. The fraction of sp³-hybridized carbons (Fsp3) is 0.375. The maximum atomic E-state index is 4.08. The quantitative estimate of drug-likeness (QED) is 0.568. The van der Waals surface area contributed by atoms with Gasteiger partial charge in [-0.25, -0.2) is 15.0 Å². The molecule has 0 unspecified atom stereocenters. The lowest BCUT2D eigenvalue weighted by molar-refractivity contribution is 1.04. The van der Waals surface area contributed by atoms with Crippen LogP contribution in [0, 0.1) is 13.8 Å². The van der Waals surface area contributed by atoms with Crippen molar-refractivity contribution in [3.8, 4) is 0 Å².